The molecule has 120 valence electrons. The van der Waals surface area contributed by atoms with E-state index in [-0.39, 0.29) is 11.9 Å². The highest BCUT2D eigenvalue weighted by Gasteiger charge is 2.17. The quantitative estimate of drug-likeness (QED) is 0.787. The van der Waals surface area contributed by atoms with Gasteiger partial charge >= 0.3 is 0 Å². The Labute approximate surface area is 140 Å². The van der Waals surface area contributed by atoms with Crippen LogP contribution >= 0.6 is 11.3 Å². The second kappa shape index (κ2) is 6.16. The molecule has 0 saturated heterocycles. The fraction of sp³-hybridized carbons (Fsp3) is 0.333. The number of rotatable bonds is 4. The fourth-order valence-corrected chi connectivity index (χ4v) is 3.74. The number of thiophene rings is 1. The first-order chi connectivity index (χ1) is 11.0. The van der Waals surface area contributed by atoms with E-state index in [0.29, 0.717) is 0 Å². The summed E-state index contributed by atoms with van der Waals surface area (Å²) in [6, 6.07) is 10.3. The second-order valence-electron chi connectivity index (χ2n) is 5.83. The monoisotopic (exact) mass is 327 g/mol. The third-order valence-electron chi connectivity index (χ3n) is 4.16. The summed E-state index contributed by atoms with van der Waals surface area (Å²) in [6.45, 7) is 6.12. The van der Waals surface area contributed by atoms with E-state index in [9.17, 15) is 4.79 Å². The zero-order valence-electron chi connectivity index (χ0n) is 13.9. The number of benzene rings is 1. The highest BCUT2D eigenvalue weighted by Crippen LogP contribution is 2.28. The van der Waals surface area contributed by atoms with E-state index in [4.69, 9.17) is 0 Å². The molecule has 1 amide bonds. The van der Waals surface area contributed by atoms with Gasteiger partial charge in [0.1, 0.15) is 4.83 Å². The van der Waals surface area contributed by atoms with Crippen LogP contribution in [0.1, 0.15) is 46.4 Å². The molecule has 0 aliphatic carbocycles. The summed E-state index contributed by atoms with van der Waals surface area (Å²) in [4.78, 5) is 14.3. The summed E-state index contributed by atoms with van der Waals surface area (Å²) in [7, 11) is 1.91. The molecule has 1 unspecified atom stereocenters. The molecule has 1 N–H and O–H groups in total. The number of aryl methyl sites for hydroxylation is 3. The van der Waals surface area contributed by atoms with E-state index in [1.807, 2.05) is 31.6 Å². The molecule has 3 rings (SSSR count). The van der Waals surface area contributed by atoms with Crippen LogP contribution in [0.2, 0.25) is 0 Å². The van der Waals surface area contributed by atoms with E-state index in [1.54, 1.807) is 0 Å². The lowest BCUT2D eigenvalue weighted by molar-refractivity contribution is 0.0944. The summed E-state index contributed by atoms with van der Waals surface area (Å²) < 4.78 is 1.83. The summed E-state index contributed by atoms with van der Waals surface area (Å²) in [5.74, 6) is -0.0299. The second-order valence-corrected chi connectivity index (χ2v) is 6.86. The highest BCUT2D eigenvalue weighted by molar-refractivity contribution is 7.20. The minimum atomic E-state index is -0.0299. The molecule has 2 aromatic heterocycles. The van der Waals surface area contributed by atoms with Gasteiger partial charge in [-0.3, -0.25) is 9.48 Å². The Morgan fingerprint density at radius 1 is 1.35 bits per heavy atom. The van der Waals surface area contributed by atoms with Crippen LogP contribution in [-0.4, -0.2) is 15.7 Å². The molecule has 0 aliphatic heterocycles. The number of fused-ring (bicyclic) bond motifs is 1. The van der Waals surface area contributed by atoms with E-state index in [2.05, 4.69) is 41.6 Å². The molecule has 2 heterocycles. The lowest BCUT2D eigenvalue weighted by Gasteiger charge is -2.14. The summed E-state index contributed by atoms with van der Waals surface area (Å²) in [5.41, 5.74) is 3.38. The smallest absolute Gasteiger partial charge is 0.261 e. The fourth-order valence-electron chi connectivity index (χ4n) is 2.71. The number of nitrogens with zero attached hydrogens (tertiary/aromatic N) is 2. The largest absolute Gasteiger partial charge is 0.345 e. The van der Waals surface area contributed by atoms with Gasteiger partial charge in [0.15, 0.2) is 0 Å². The van der Waals surface area contributed by atoms with Crippen molar-refractivity contribution in [1.82, 2.24) is 15.1 Å². The molecule has 3 aromatic rings. The lowest BCUT2D eigenvalue weighted by atomic mass is 10.0. The van der Waals surface area contributed by atoms with Crippen molar-refractivity contribution in [3.8, 4) is 0 Å². The van der Waals surface area contributed by atoms with Crippen molar-refractivity contribution in [2.24, 2.45) is 7.05 Å². The molecule has 1 atom stereocenters. The van der Waals surface area contributed by atoms with Gasteiger partial charge in [-0.2, -0.15) is 5.10 Å². The van der Waals surface area contributed by atoms with Crippen molar-refractivity contribution < 1.29 is 4.79 Å². The Balaban J connectivity index is 1.77. The minimum absolute atomic E-state index is 0.0159. The molecule has 4 nitrogen and oxygen atoms in total. The third kappa shape index (κ3) is 3.01. The van der Waals surface area contributed by atoms with E-state index in [1.165, 1.54) is 16.9 Å². The van der Waals surface area contributed by atoms with Crippen LogP contribution in [0.3, 0.4) is 0 Å². The topological polar surface area (TPSA) is 46.9 Å². The standard InChI is InChI=1S/C18H21N3OS/c1-5-13-6-8-14(9-7-13)11(2)19-17(22)16-10-15-12(3)20-21(4)18(15)23-16/h6-11H,5H2,1-4H3,(H,19,22). The lowest BCUT2D eigenvalue weighted by Crippen LogP contribution is -2.25. The number of aromatic nitrogens is 2. The van der Waals surface area contributed by atoms with Crippen LogP contribution in [0.15, 0.2) is 30.3 Å². The van der Waals surface area contributed by atoms with Gasteiger partial charge in [-0.05, 0) is 37.5 Å². The number of carbonyl (C=O) groups is 1. The van der Waals surface area contributed by atoms with Gasteiger partial charge in [-0.25, -0.2) is 0 Å². The van der Waals surface area contributed by atoms with Gasteiger partial charge in [0.25, 0.3) is 5.91 Å². The van der Waals surface area contributed by atoms with Crippen LogP contribution in [0.5, 0.6) is 0 Å². The molecule has 0 spiro atoms. The van der Waals surface area contributed by atoms with Crippen molar-refractivity contribution in [2.45, 2.75) is 33.2 Å². The number of hydrogen-bond acceptors (Lipinski definition) is 3. The Kier molecular flexibility index (Phi) is 4.22. The minimum Gasteiger partial charge on any atom is -0.345 e. The predicted octanol–water partition coefficient (Wildman–Crippen LogP) is 4.00. The average Bonchev–Trinajstić information content (AvgIpc) is 3.09. The highest BCUT2D eigenvalue weighted by atomic mass is 32.1. The third-order valence-corrected chi connectivity index (χ3v) is 5.36. The molecule has 1 aromatic carbocycles. The maximum absolute atomic E-state index is 12.5. The normalized spacial score (nSPS) is 12.5. The van der Waals surface area contributed by atoms with Gasteiger partial charge in [0.2, 0.25) is 0 Å². The molecule has 0 aliphatic rings. The Morgan fingerprint density at radius 2 is 2.04 bits per heavy atom. The maximum Gasteiger partial charge on any atom is 0.261 e. The maximum atomic E-state index is 12.5. The SMILES string of the molecule is CCc1ccc(C(C)NC(=O)c2cc3c(C)nn(C)c3s2)cc1. The summed E-state index contributed by atoms with van der Waals surface area (Å²) in [6.07, 6.45) is 1.02. The Hall–Kier alpha value is -2.14. The molecule has 5 heteroatoms. The van der Waals surface area contributed by atoms with Gasteiger partial charge in [-0.1, -0.05) is 31.2 Å². The number of nitrogens with one attached hydrogen (secondary N) is 1. The van der Waals surface area contributed by atoms with Crippen LogP contribution in [0, 0.1) is 6.92 Å². The van der Waals surface area contributed by atoms with Crippen molar-refractivity contribution in [1.29, 1.82) is 0 Å². The summed E-state index contributed by atoms with van der Waals surface area (Å²) in [5, 5.41) is 8.51. The zero-order valence-corrected chi connectivity index (χ0v) is 14.7. The van der Waals surface area contributed by atoms with Gasteiger partial charge in [0, 0.05) is 12.4 Å². The number of hydrogen-bond donors (Lipinski definition) is 1. The molecular formula is C18H21N3OS. The van der Waals surface area contributed by atoms with Crippen LogP contribution < -0.4 is 5.32 Å². The van der Waals surface area contributed by atoms with Crippen LogP contribution in [0.25, 0.3) is 10.2 Å². The molecule has 0 fully saturated rings. The first-order valence-corrected chi connectivity index (χ1v) is 8.64. The predicted molar refractivity (Wildman–Crippen MR) is 95.0 cm³/mol. The van der Waals surface area contributed by atoms with Gasteiger partial charge in [0.05, 0.1) is 16.6 Å². The average molecular weight is 327 g/mol. The van der Waals surface area contributed by atoms with Gasteiger partial charge < -0.3 is 5.32 Å². The van der Waals surface area contributed by atoms with Gasteiger partial charge in [-0.15, -0.1) is 11.3 Å². The Morgan fingerprint density at radius 3 is 2.65 bits per heavy atom. The molecule has 23 heavy (non-hydrogen) atoms. The zero-order chi connectivity index (χ0) is 16.6. The number of amides is 1. The summed E-state index contributed by atoms with van der Waals surface area (Å²) >= 11 is 1.48. The first-order valence-electron chi connectivity index (χ1n) is 7.82. The molecule has 0 radical (unpaired) electrons. The van der Waals surface area contributed by atoms with Crippen LogP contribution in [0.4, 0.5) is 0 Å². The first kappa shape index (κ1) is 15.7. The van der Waals surface area contributed by atoms with Crippen molar-refractivity contribution in [3.05, 3.63) is 52.0 Å². The van der Waals surface area contributed by atoms with E-state index >= 15 is 0 Å². The molecular weight excluding hydrogens is 306 g/mol. The molecule has 0 saturated carbocycles. The van der Waals surface area contributed by atoms with E-state index < -0.39 is 0 Å². The van der Waals surface area contributed by atoms with Crippen molar-refractivity contribution in [3.63, 3.8) is 0 Å². The number of carbonyl (C=O) groups excluding carboxylic acids is 1. The Bertz CT molecular complexity index is 811. The molecule has 0 bridgehead atoms. The van der Waals surface area contributed by atoms with Crippen molar-refractivity contribution >= 4 is 27.5 Å². The van der Waals surface area contributed by atoms with E-state index in [0.717, 1.165) is 32.8 Å². The van der Waals surface area contributed by atoms with Crippen molar-refractivity contribution in [2.75, 3.05) is 0 Å². The van der Waals surface area contributed by atoms with Crippen LogP contribution in [-0.2, 0) is 13.5 Å².